The van der Waals surface area contributed by atoms with E-state index in [1.165, 1.54) is 19.2 Å². The standard InChI is InChI=1S/C11H14ClNO3S/c1-16-9-2-4-10(5-3-9)17(14,15)13-11(8-12)6-7-11/h2-5,13H,6-8H2,1H3. The van der Waals surface area contributed by atoms with Gasteiger partial charge in [-0.3, -0.25) is 0 Å². The first-order chi connectivity index (χ1) is 8.01. The third-order valence-electron chi connectivity index (χ3n) is 2.83. The van der Waals surface area contributed by atoms with Gasteiger partial charge < -0.3 is 4.74 Å². The van der Waals surface area contributed by atoms with Crippen LogP contribution in [0.25, 0.3) is 0 Å². The lowest BCUT2D eigenvalue weighted by Gasteiger charge is -2.14. The molecular formula is C11H14ClNO3S. The topological polar surface area (TPSA) is 55.4 Å². The van der Waals surface area contributed by atoms with E-state index in [4.69, 9.17) is 16.3 Å². The van der Waals surface area contributed by atoms with E-state index in [9.17, 15) is 8.42 Å². The van der Waals surface area contributed by atoms with Crippen molar-refractivity contribution in [1.29, 1.82) is 0 Å². The molecule has 1 saturated carbocycles. The number of rotatable bonds is 5. The normalized spacial score (nSPS) is 17.8. The number of sulfonamides is 1. The second-order valence-corrected chi connectivity index (χ2v) is 6.14. The van der Waals surface area contributed by atoms with Crippen LogP contribution in [0.1, 0.15) is 12.8 Å². The highest BCUT2D eigenvalue weighted by molar-refractivity contribution is 7.89. The van der Waals surface area contributed by atoms with Gasteiger partial charge in [-0.05, 0) is 37.1 Å². The molecule has 0 spiro atoms. The molecule has 6 heteroatoms. The smallest absolute Gasteiger partial charge is 0.241 e. The third-order valence-corrected chi connectivity index (χ3v) is 4.94. The molecule has 0 atom stereocenters. The minimum Gasteiger partial charge on any atom is -0.497 e. The van der Waals surface area contributed by atoms with E-state index in [-0.39, 0.29) is 4.90 Å². The molecule has 2 rings (SSSR count). The van der Waals surface area contributed by atoms with Crippen LogP contribution in [0.3, 0.4) is 0 Å². The summed E-state index contributed by atoms with van der Waals surface area (Å²) >= 11 is 5.75. The Labute approximate surface area is 106 Å². The van der Waals surface area contributed by atoms with Crippen molar-refractivity contribution in [2.75, 3.05) is 13.0 Å². The van der Waals surface area contributed by atoms with Crippen LogP contribution in [0.15, 0.2) is 29.2 Å². The lowest BCUT2D eigenvalue weighted by molar-refractivity contribution is 0.414. The van der Waals surface area contributed by atoms with Gasteiger partial charge in [-0.15, -0.1) is 11.6 Å². The van der Waals surface area contributed by atoms with E-state index in [0.29, 0.717) is 11.6 Å². The average molecular weight is 276 g/mol. The average Bonchev–Trinajstić information content (AvgIpc) is 3.09. The summed E-state index contributed by atoms with van der Waals surface area (Å²) in [6.07, 6.45) is 1.60. The summed E-state index contributed by atoms with van der Waals surface area (Å²) in [6.45, 7) is 0. The predicted molar refractivity (Wildman–Crippen MR) is 66.0 cm³/mol. The Morgan fingerprint density at radius 2 is 1.94 bits per heavy atom. The lowest BCUT2D eigenvalue weighted by atomic mass is 10.3. The Morgan fingerprint density at radius 3 is 2.35 bits per heavy atom. The van der Waals surface area contributed by atoms with Gasteiger partial charge in [-0.2, -0.15) is 0 Å². The maximum atomic E-state index is 12.0. The van der Waals surface area contributed by atoms with Gasteiger partial charge in [-0.25, -0.2) is 13.1 Å². The molecule has 1 aromatic carbocycles. The fourth-order valence-electron chi connectivity index (χ4n) is 1.51. The molecule has 0 aromatic heterocycles. The molecule has 1 aromatic rings. The Hall–Kier alpha value is -0.780. The van der Waals surface area contributed by atoms with Crippen molar-refractivity contribution in [3.05, 3.63) is 24.3 Å². The Kier molecular flexibility index (Phi) is 3.34. The van der Waals surface area contributed by atoms with Gasteiger partial charge in [0.05, 0.1) is 12.0 Å². The fraction of sp³-hybridized carbons (Fsp3) is 0.455. The predicted octanol–water partition coefficient (Wildman–Crippen LogP) is 1.74. The van der Waals surface area contributed by atoms with E-state index in [1.54, 1.807) is 12.1 Å². The number of benzene rings is 1. The summed E-state index contributed by atoms with van der Waals surface area (Å²) in [4.78, 5) is 0.231. The van der Waals surface area contributed by atoms with Crippen LogP contribution < -0.4 is 9.46 Å². The number of hydrogen-bond acceptors (Lipinski definition) is 3. The summed E-state index contributed by atoms with van der Waals surface area (Å²) in [7, 11) is -1.95. The van der Waals surface area contributed by atoms with E-state index in [0.717, 1.165) is 12.8 Å². The first kappa shape index (κ1) is 12.7. The summed E-state index contributed by atoms with van der Waals surface area (Å²) in [5, 5.41) is 0. The van der Waals surface area contributed by atoms with Crippen molar-refractivity contribution in [3.63, 3.8) is 0 Å². The van der Waals surface area contributed by atoms with Crippen LogP contribution >= 0.6 is 11.6 Å². The molecule has 0 saturated heterocycles. The van der Waals surface area contributed by atoms with E-state index in [2.05, 4.69) is 4.72 Å². The van der Waals surface area contributed by atoms with Crippen LogP contribution in [0.2, 0.25) is 0 Å². The zero-order chi connectivity index (χ0) is 12.5. The van der Waals surface area contributed by atoms with Crippen molar-refractivity contribution >= 4 is 21.6 Å². The molecule has 1 fully saturated rings. The zero-order valence-electron chi connectivity index (χ0n) is 9.44. The highest BCUT2D eigenvalue weighted by Crippen LogP contribution is 2.37. The molecule has 0 amide bonds. The number of nitrogens with one attached hydrogen (secondary N) is 1. The van der Waals surface area contributed by atoms with Gasteiger partial charge >= 0.3 is 0 Å². The minimum atomic E-state index is -3.48. The second-order valence-electron chi connectivity index (χ2n) is 4.19. The molecule has 0 bridgehead atoms. The molecular weight excluding hydrogens is 262 g/mol. The van der Waals surface area contributed by atoms with Gasteiger partial charge in [-0.1, -0.05) is 0 Å². The quantitative estimate of drug-likeness (QED) is 0.833. The second kappa shape index (κ2) is 4.48. The van der Waals surface area contributed by atoms with Gasteiger partial charge in [0.25, 0.3) is 0 Å². The molecule has 1 aliphatic carbocycles. The molecule has 0 unspecified atom stereocenters. The number of alkyl halides is 1. The Balaban J connectivity index is 2.19. The first-order valence-corrected chi connectivity index (χ1v) is 7.27. The molecule has 0 aliphatic heterocycles. The van der Waals surface area contributed by atoms with Gasteiger partial charge in [0.15, 0.2) is 0 Å². The van der Waals surface area contributed by atoms with Crippen molar-refractivity contribution < 1.29 is 13.2 Å². The summed E-state index contributed by atoms with van der Waals surface area (Å²) in [5.41, 5.74) is -0.430. The highest BCUT2D eigenvalue weighted by Gasteiger charge is 2.45. The summed E-state index contributed by atoms with van der Waals surface area (Å²) in [5.74, 6) is 0.935. The van der Waals surface area contributed by atoms with Crippen molar-refractivity contribution in [2.24, 2.45) is 0 Å². The van der Waals surface area contributed by atoms with E-state index in [1.807, 2.05) is 0 Å². The molecule has 17 heavy (non-hydrogen) atoms. The van der Waals surface area contributed by atoms with Crippen LogP contribution in [-0.4, -0.2) is 26.9 Å². The fourth-order valence-corrected chi connectivity index (χ4v) is 3.38. The van der Waals surface area contributed by atoms with E-state index >= 15 is 0 Å². The maximum absolute atomic E-state index is 12.0. The zero-order valence-corrected chi connectivity index (χ0v) is 11.0. The lowest BCUT2D eigenvalue weighted by Crippen LogP contribution is -2.38. The maximum Gasteiger partial charge on any atom is 0.241 e. The summed E-state index contributed by atoms with van der Waals surface area (Å²) in [6, 6.07) is 6.28. The molecule has 4 nitrogen and oxygen atoms in total. The third kappa shape index (κ3) is 2.73. The number of hydrogen-bond donors (Lipinski definition) is 1. The number of halogens is 1. The number of ether oxygens (including phenoxy) is 1. The molecule has 1 N–H and O–H groups in total. The van der Waals surface area contributed by atoms with Gasteiger partial charge in [0, 0.05) is 11.4 Å². The van der Waals surface area contributed by atoms with Crippen LogP contribution in [0.4, 0.5) is 0 Å². The molecule has 1 aliphatic rings. The molecule has 0 heterocycles. The number of methoxy groups -OCH3 is 1. The van der Waals surface area contributed by atoms with Crippen molar-refractivity contribution in [3.8, 4) is 5.75 Å². The summed E-state index contributed by atoms with van der Waals surface area (Å²) < 4.78 is 31.7. The van der Waals surface area contributed by atoms with Crippen molar-refractivity contribution in [1.82, 2.24) is 4.72 Å². The van der Waals surface area contributed by atoms with Gasteiger partial charge in [0.1, 0.15) is 5.75 Å². The van der Waals surface area contributed by atoms with Crippen molar-refractivity contribution in [2.45, 2.75) is 23.3 Å². The monoisotopic (exact) mass is 275 g/mol. The Morgan fingerprint density at radius 1 is 1.35 bits per heavy atom. The largest absolute Gasteiger partial charge is 0.497 e. The molecule has 94 valence electrons. The van der Waals surface area contributed by atoms with Gasteiger partial charge in [0.2, 0.25) is 10.0 Å². The minimum absolute atomic E-state index is 0.231. The highest BCUT2D eigenvalue weighted by atomic mass is 35.5. The Bertz CT molecular complexity index is 494. The SMILES string of the molecule is COc1ccc(S(=O)(=O)NC2(CCl)CC2)cc1. The van der Waals surface area contributed by atoms with Crippen LogP contribution in [0, 0.1) is 0 Å². The van der Waals surface area contributed by atoms with E-state index < -0.39 is 15.6 Å². The first-order valence-electron chi connectivity index (χ1n) is 5.25. The van der Waals surface area contributed by atoms with Crippen LogP contribution in [0.5, 0.6) is 5.75 Å². The van der Waals surface area contributed by atoms with Crippen LogP contribution in [-0.2, 0) is 10.0 Å². The molecule has 0 radical (unpaired) electrons.